The second-order valence-electron chi connectivity index (χ2n) is 5.57. The standard InChI is InChI=1S/C15H18N6OS/c1-3-20-9-18-19-14(20)11-6-21(4-5-22-11)15-13-12(16-8-17-15)10(2)7-23-13/h7-9,11H,3-6H2,1-2H3. The number of hydrogen-bond donors (Lipinski definition) is 0. The quantitative estimate of drug-likeness (QED) is 0.733. The van der Waals surface area contributed by atoms with E-state index in [1.54, 1.807) is 24.0 Å². The van der Waals surface area contributed by atoms with Gasteiger partial charge in [0.05, 0.1) is 23.4 Å². The highest BCUT2D eigenvalue weighted by Crippen LogP contribution is 2.33. The summed E-state index contributed by atoms with van der Waals surface area (Å²) in [4.78, 5) is 11.2. The van der Waals surface area contributed by atoms with Crippen molar-refractivity contribution in [3.05, 3.63) is 29.4 Å². The van der Waals surface area contributed by atoms with E-state index in [0.29, 0.717) is 6.61 Å². The lowest BCUT2D eigenvalue weighted by atomic mass is 10.2. The molecular formula is C15H18N6OS. The van der Waals surface area contributed by atoms with Gasteiger partial charge in [-0.15, -0.1) is 21.5 Å². The fraction of sp³-hybridized carbons (Fsp3) is 0.467. The van der Waals surface area contributed by atoms with Crippen LogP contribution in [0.2, 0.25) is 0 Å². The molecule has 0 N–H and O–H groups in total. The highest BCUT2D eigenvalue weighted by atomic mass is 32.1. The zero-order chi connectivity index (χ0) is 15.8. The van der Waals surface area contributed by atoms with Crippen LogP contribution in [0.3, 0.4) is 0 Å². The molecule has 1 atom stereocenters. The second kappa shape index (κ2) is 5.86. The molecular weight excluding hydrogens is 312 g/mol. The van der Waals surface area contributed by atoms with Crippen molar-refractivity contribution < 1.29 is 4.74 Å². The molecule has 1 saturated heterocycles. The van der Waals surface area contributed by atoms with Crippen LogP contribution in [0.4, 0.5) is 5.82 Å². The fourth-order valence-electron chi connectivity index (χ4n) is 2.94. The summed E-state index contributed by atoms with van der Waals surface area (Å²) >= 11 is 1.70. The zero-order valence-corrected chi connectivity index (χ0v) is 14.0. The average molecular weight is 330 g/mol. The predicted octanol–water partition coefficient (Wildman–Crippen LogP) is 2.19. The largest absolute Gasteiger partial charge is 0.366 e. The topological polar surface area (TPSA) is 69.0 Å². The minimum absolute atomic E-state index is 0.0859. The van der Waals surface area contributed by atoms with Crippen molar-refractivity contribution >= 4 is 27.4 Å². The molecule has 0 amide bonds. The van der Waals surface area contributed by atoms with Gasteiger partial charge in [-0.3, -0.25) is 0 Å². The summed E-state index contributed by atoms with van der Waals surface area (Å²) in [5, 5.41) is 10.4. The minimum Gasteiger partial charge on any atom is -0.366 e. The summed E-state index contributed by atoms with van der Waals surface area (Å²) in [6.45, 7) is 7.19. The maximum atomic E-state index is 5.93. The molecule has 0 aromatic carbocycles. The number of aryl methyl sites for hydroxylation is 2. The first kappa shape index (κ1) is 14.5. The Hall–Kier alpha value is -2.06. The van der Waals surface area contributed by atoms with Crippen LogP contribution in [-0.4, -0.2) is 44.4 Å². The number of morpholine rings is 1. The first-order valence-corrected chi connectivity index (χ1v) is 8.59. The van der Waals surface area contributed by atoms with E-state index in [1.807, 2.05) is 4.57 Å². The Bertz CT molecular complexity index is 828. The van der Waals surface area contributed by atoms with E-state index in [4.69, 9.17) is 4.74 Å². The molecule has 1 aliphatic heterocycles. The summed E-state index contributed by atoms with van der Waals surface area (Å²) in [6.07, 6.45) is 3.32. The molecule has 0 spiro atoms. The molecule has 4 rings (SSSR count). The number of hydrogen-bond acceptors (Lipinski definition) is 7. The Balaban J connectivity index is 1.66. The van der Waals surface area contributed by atoms with Gasteiger partial charge in [0.2, 0.25) is 0 Å². The lowest BCUT2D eigenvalue weighted by Gasteiger charge is -2.33. The molecule has 4 heterocycles. The normalized spacial score (nSPS) is 18.7. The molecule has 1 fully saturated rings. The molecule has 1 unspecified atom stereocenters. The lowest BCUT2D eigenvalue weighted by Crippen LogP contribution is -2.39. The van der Waals surface area contributed by atoms with Crippen LogP contribution in [0, 0.1) is 6.92 Å². The second-order valence-corrected chi connectivity index (χ2v) is 6.45. The molecule has 7 nitrogen and oxygen atoms in total. The molecule has 3 aromatic rings. The van der Waals surface area contributed by atoms with Gasteiger partial charge in [0, 0.05) is 13.1 Å². The summed E-state index contributed by atoms with van der Waals surface area (Å²) in [5.41, 5.74) is 2.24. The first-order chi connectivity index (χ1) is 11.3. The maximum absolute atomic E-state index is 5.93. The molecule has 120 valence electrons. The minimum atomic E-state index is -0.0859. The van der Waals surface area contributed by atoms with E-state index >= 15 is 0 Å². The van der Waals surface area contributed by atoms with Gasteiger partial charge in [0.1, 0.15) is 24.6 Å². The Labute approximate surface area is 137 Å². The number of anilines is 1. The van der Waals surface area contributed by atoms with Crippen LogP contribution in [0.5, 0.6) is 0 Å². The van der Waals surface area contributed by atoms with Gasteiger partial charge < -0.3 is 14.2 Å². The molecule has 1 aliphatic rings. The van der Waals surface area contributed by atoms with E-state index in [9.17, 15) is 0 Å². The summed E-state index contributed by atoms with van der Waals surface area (Å²) < 4.78 is 9.10. The van der Waals surface area contributed by atoms with Crippen molar-refractivity contribution in [2.45, 2.75) is 26.5 Å². The van der Waals surface area contributed by atoms with Gasteiger partial charge in [-0.2, -0.15) is 0 Å². The first-order valence-electron chi connectivity index (χ1n) is 7.71. The summed E-state index contributed by atoms with van der Waals surface area (Å²) in [7, 11) is 0. The summed E-state index contributed by atoms with van der Waals surface area (Å²) in [5.74, 6) is 1.87. The Morgan fingerprint density at radius 2 is 2.30 bits per heavy atom. The number of aromatic nitrogens is 5. The fourth-order valence-corrected chi connectivity index (χ4v) is 3.96. The third-order valence-electron chi connectivity index (χ3n) is 4.15. The van der Waals surface area contributed by atoms with E-state index in [2.05, 4.69) is 44.3 Å². The van der Waals surface area contributed by atoms with Gasteiger partial charge in [0.25, 0.3) is 0 Å². The number of rotatable bonds is 3. The van der Waals surface area contributed by atoms with Crippen LogP contribution >= 0.6 is 11.3 Å². The SMILES string of the molecule is CCn1cnnc1C1CN(c2ncnc3c(C)csc23)CCO1. The van der Waals surface area contributed by atoms with Crippen molar-refractivity contribution in [3.8, 4) is 0 Å². The maximum Gasteiger partial charge on any atom is 0.163 e. The molecule has 8 heteroatoms. The van der Waals surface area contributed by atoms with Crippen molar-refractivity contribution in [2.24, 2.45) is 0 Å². The number of ether oxygens (including phenoxy) is 1. The molecule has 23 heavy (non-hydrogen) atoms. The smallest absolute Gasteiger partial charge is 0.163 e. The molecule has 3 aromatic heterocycles. The highest BCUT2D eigenvalue weighted by molar-refractivity contribution is 7.18. The lowest BCUT2D eigenvalue weighted by molar-refractivity contribution is 0.0315. The number of nitrogens with zero attached hydrogens (tertiary/aromatic N) is 6. The van der Waals surface area contributed by atoms with E-state index in [-0.39, 0.29) is 6.10 Å². The molecule has 0 bridgehead atoms. The highest BCUT2D eigenvalue weighted by Gasteiger charge is 2.28. The van der Waals surface area contributed by atoms with Gasteiger partial charge in [-0.25, -0.2) is 9.97 Å². The predicted molar refractivity (Wildman–Crippen MR) is 88.8 cm³/mol. The average Bonchev–Trinajstić information content (AvgIpc) is 3.22. The van der Waals surface area contributed by atoms with Crippen molar-refractivity contribution in [1.29, 1.82) is 0 Å². The van der Waals surface area contributed by atoms with Crippen LogP contribution < -0.4 is 4.90 Å². The van der Waals surface area contributed by atoms with Crippen LogP contribution in [-0.2, 0) is 11.3 Å². The molecule has 0 aliphatic carbocycles. The monoisotopic (exact) mass is 330 g/mol. The Morgan fingerprint density at radius 3 is 3.17 bits per heavy atom. The van der Waals surface area contributed by atoms with E-state index < -0.39 is 0 Å². The van der Waals surface area contributed by atoms with Crippen molar-refractivity contribution in [2.75, 3.05) is 24.6 Å². The van der Waals surface area contributed by atoms with Gasteiger partial charge in [-0.05, 0) is 24.8 Å². The van der Waals surface area contributed by atoms with Gasteiger partial charge in [-0.1, -0.05) is 0 Å². The van der Waals surface area contributed by atoms with Gasteiger partial charge >= 0.3 is 0 Å². The van der Waals surface area contributed by atoms with Crippen LogP contribution in [0.1, 0.15) is 24.4 Å². The van der Waals surface area contributed by atoms with Crippen molar-refractivity contribution in [1.82, 2.24) is 24.7 Å². The van der Waals surface area contributed by atoms with Crippen molar-refractivity contribution in [3.63, 3.8) is 0 Å². The zero-order valence-electron chi connectivity index (χ0n) is 13.1. The number of fused-ring (bicyclic) bond motifs is 1. The third-order valence-corrected chi connectivity index (χ3v) is 5.24. The third kappa shape index (κ3) is 2.47. The number of thiophene rings is 1. The van der Waals surface area contributed by atoms with Crippen LogP contribution in [0.25, 0.3) is 10.2 Å². The summed E-state index contributed by atoms with van der Waals surface area (Å²) in [6, 6.07) is 0. The van der Waals surface area contributed by atoms with Crippen LogP contribution in [0.15, 0.2) is 18.0 Å². The van der Waals surface area contributed by atoms with E-state index in [0.717, 1.165) is 41.5 Å². The Morgan fingerprint density at radius 1 is 1.39 bits per heavy atom. The molecule has 0 saturated carbocycles. The van der Waals surface area contributed by atoms with Gasteiger partial charge in [0.15, 0.2) is 5.82 Å². The Kier molecular flexibility index (Phi) is 3.70. The van der Waals surface area contributed by atoms with E-state index in [1.165, 1.54) is 5.56 Å². The molecule has 0 radical (unpaired) electrons.